The lowest BCUT2D eigenvalue weighted by Crippen LogP contribution is -2.49. The Morgan fingerprint density at radius 2 is 1.58 bits per heavy atom. The first-order valence-corrected chi connectivity index (χ1v) is 12.0. The molecular formula is C24H16Cl3F3N2O3S. The first-order valence-electron chi connectivity index (χ1n) is 10.0. The van der Waals surface area contributed by atoms with Gasteiger partial charge in [0.2, 0.25) is 0 Å². The molecule has 0 heterocycles. The van der Waals surface area contributed by atoms with E-state index in [9.17, 15) is 23.2 Å². The van der Waals surface area contributed by atoms with Crippen molar-refractivity contribution >= 4 is 52.5 Å². The van der Waals surface area contributed by atoms with Crippen LogP contribution in [0.5, 0.6) is 17.2 Å². The summed E-state index contributed by atoms with van der Waals surface area (Å²) in [5, 5.41) is 13.2. The van der Waals surface area contributed by atoms with E-state index in [0.29, 0.717) is 10.0 Å². The Labute approximate surface area is 224 Å². The summed E-state index contributed by atoms with van der Waals surface area (Å²) in [6, 6.07) is 16.0. The number of benzene rings is 3. The van der Waals surface area contributed by atoms with Crippen molar-refractivity contribution in [3.8, 4) is 23.3 Å². The number of nitrogens with one attached hydrogen (secondary N) is 1. The molecule has 0 aliphatic heterocycles. The number of halogens is 6. The van der Waals surface area contributed by atoms with Crippen molar-refractivity contribution in [2.24, 2.45) is 0 Å². The van der Waals surface area contributed by atoms with E-state index in [1.165, 1.54) is 49.4 Å². The molecule has 3 aromatic carbocycles. The van der Waals surface area contributed by atoms with Crippen LogP contribution in [0.15, 0.2) is 65.6 Å². The molecule has 1 atom stereocenters. The average molecular weight is 576 g/mol. The van der Waals surface area contributed by atoms with Gasteiger partial charge in [0, 0.05) is 26.6 Å². The Hall–Kier alpha value is -2.77. The van der Waals surface area contributed by atoms with E-state index < -0.39 is 17.0 Å². The summed E-state index contributed by atoms with van der Waals surface area (Å²) in [5.41, 5.74) is -5.86. The summed E-state index contributed by atoms with van der Waals surface area (Å²) >= 11 is 17.9. The number of amides is 1. The van der Waals surface area contributed by atoms with Gasteiger partial charge < -0.3 is 14.8 Å². The number of hydrogen-bond donors (Lipinski definition) is 1. The molecule has 1 N–H and O–H groups in total. The van der Waals surface area contributed by atoms with Crippen LogP contribution < -0.4 is 14.8 Å². The summed E-state index contributed by atoms with van der Waals surface area (Å²) < 4.78 is 49.1. The van der Waals surface area contributed by atoms with Crippen molar-refractivity contribution in [3.63, 3.8) is 0 Å². The van der Waals surface area contributed by atoms with Crippen molar-refractivity contribution in [2.45, 2.75) is 22.9 Å². The van der Waals surface area contributed by atoms with Gasteiger partial charge in [0.25, 0.3) is 5.91 Å². The zero-order valence-corrected chi connectivity index (χ0v) is 21.4. The van der Waals surface area contributed by atoms with E-state index in [1.807, 2.05) is 6.07 Å². The molecule has 36 heavy (non-hydrogen) atoms. The van der Waals surface area contributed by atoms with Crippen molar-refractivity contribution in [1.29, 1.82) is 5.26 Å². The van der Waals surface area contributed by atoms with E-state index in [4.69, 9.17) is 44.3 Å². The summed E-state index contributed by atoms with van der Waals surface area (Å²) in [7, 11) is 0. The van der Waals surface area contributed by atoms with E-state index in [-0.39, 0.29) is 51.1 Å². The van der Waals surface area contributed by atoms with Gasteiger partial charge in [-0.15, -0.1) is 0 Å². The van der Waals surface area contributed by atoms with Crippen molar-refractivity contribution < 1.29 is 27.4 Å². The zero-order valence-electron chi connectivity index (χ0n) is 18.3. The number of thioether (sulfide) groups is 1. The fourth-order valence-corrected chi connectivity index (χ4v) is 3.96. The minimum atomic E-state index is -4.44. The molecule has 0 spiro atoms. The highest BCUT2D eigenvalue weighted by Gasteiger charge is 2.30. The van der Waals surface area contributed by atoms with Gasteiger partial charge in [-0.05, 0) is 73.3 Å². The highest BCUT2D eigenvalue weighted by Crippen LogP contribution is 2.38. The molecule has 0 saturated heterocycles. The van der Waals surface area contributed by atoms with Crippen LogP contribution in [0, 0.1) is 11.3 Å². The van der Waals surface area contributed by atoms with Crippen LogP contribution in [-0.2, 0) is 0 Å². The molecule has 0 aliphatic carbocycles. The first-order chi connectivity index (χ1) is 16.9. The maximum atomic E-state index is 12.6. The van der Waals surface area contributed by atoms with E-state index >= 15 is 0 Å². The second-order valence-electron chi connectivity index (χ2n) is 7.53. The van der Waals surface area contributed by atoms with Gasteiger partial charge >= 0.3 is 5.51 Å². The largest absolute Gasteiger partial charge is 0.486 e. The third-order valence-electron chi connectivity index (χ3n) is 4.52. The number of hydrogen-bond acceptors (Lipinski definition) is 5. The number of alkyl halides is 3. The fourth-order valence-electron chi connectivity index (χ4n) is 2.81. The Kier molecular flexibility index (Phi) is 8.90. The van der Waals surface area contributed by atoms with Gasteiger partial charge in [-0.25, -0.2) is 0 Å². The zero-order chi connectivity index (χ0) is 26.5. The van der Waals surface area contributed by atoms with Crippen molar-refractivity contribution in [1.82, 2.24) is 5.32 Å². The van der Waals surface area contributed by atoms with E-state index in [2.05, 4.69) is 5.32 Å². The predicted octanol–water partition coefficient (Wildman–Crippen LogP) is 8.14. The maximum Gasteiger partial charge on any atom is 0.446 e. The molecule has 0 fully saturated rings. The van der Waals surface area contributed by atoms with Gasteiger partial charge in [-0.1, -0.05) is 34.8 Å². The SMILES string of the molecule is CC(C#N)(COc1ccc(Cl)cc1Oc1ccc(Cl)cc1Cl)NC(=O)c1ccc(SC(F)(F)F)cc1. The highest BCUT2D eigenvalue weighted by atomic mass is 35.5. The Morgan fingerprint density at radius 1 is 0.972 bits per heavy atom. The Balaban J connectivity index is 1.72. The molecule has 0 bridgehead atoms. The number of nitrogens with zero attached hydrogens (tertiary/aromatic N) is 1. The smallest absolute Gasteiger partial charge is 0.446 e. The van der Waals surface area contributed by atoms with E-state index in [1.54, 1.807) is 18.2 Å². The standard InChI is InChI=1S/C24H16Cl3F3N2O3S/c1-23(12-31,32-22(33)14-2-6-17(7-3-14)36-24(28,29)30)13-34-20-9-5-16(26)11-21(20)35-19-8-4-15(25)10-18(19)27/h2-11H,13H2,1H3,(H,32,33). The first kappa shape index (κ1) is 27.8. The summed E-state index contributed by atoms with van der Waals surface area (Å²) in [4.78, 5) is 12.6. The minimum Gasteiger partial charge on any atom is -0.486 e. The predicted molar refractivity (Wildman–Crippen MR) is 133 cm³/mol. The van der Waals surface area contributed by atoms with Crippen LogP contribution in [0.1, 0.15) is 17.3 Å². The number of carbonyl (C=O) groups is 1. The average Bonchev–Trinajstić information content (AvgIpc) is 2.80. The number of rotatable bonds is 8. The molecule has 0 aromatic heterocycles. The molecule has 12 heteroatoms. The van der Waals surface area contributed by atoms with Crippen LogP contribution in [0.4, 0.5) is 13.2 Å². The molecule has 5 nitrogen and oxygen atoms in total. The molecule has 3 aromatic rings. The van der Waals surface area contributed by atoms with E-state index in [0.717, 1.165) is 0 Å². The lowest BCUT2D eigenvalue weighted by atomic mass is 10.1. The quantitative estimate of drug-likeness (QED) is 0.275. The highest BCUT2D eigenvalue weighted by molar-refractivity contribution is 8.00. The normalized spacial score (nSPS) is 12.8. The van der Waals surface area contributed by atoms with Crippen LogP contribution in [-0.4, -0.2) is 23.6 Å². The molecule has 1 unspecified atom stereocenters. The molecule has 0 aliphatic rings. The van der Waals surface area contributed by atoms with Crippen LogP contribution in [0.25, 0.3) is 0 Å². The summed E-state index contributed by atoms with van der Waals surface area (Å²) in [5.74, 6) is 0.0501. The summed E-state index contributed by atoms with van der Waals surface area (Å²) in [6.07, 6.45) is 0. The van der Waals surface area contributed by atoms with Gasteiger partial charge in [0.05, 0.1) is 11.1 Å². The molecule has 0 saturated carbocycles. The van der Waals surface area contributed by atoms with Gasteiger partial charge in [-0.2, -0.15) is 18.4 Å². The number of ether oxygens (including phenoxy) is 2. The molecular weight excluding hydrogens is 560 g/mol. The Morgan fingerprint density at radius 3 is 2.17 bits per heavy atom. The minimum absolute atomic E-state index is 0.0681. The van der Waals surface area contributed by atoms with Crippen LogP contribution in [0.3, 0.4) is 0 Å². The maximum absolute atomic E-state index is 12.6. The fraction of sp³-hybridized carbons (Fsp3) is 0.167. The van der Waals surface area contributed by atoms with Gasteiger partial charge in [0.15, 0.2) is 17.0 Å². The van der Waals surface area contributed by atoms with Crippen molar-refractivity contribution in [2.75, 3.05) is 6.61 Å². The topological polar surface area (TPSA) is 71.3 Å². The summed E-state index contributed by atoms with van der Waals surface area (Å²) in [6.45, 7) is 1.15. The van der Waals surface area contributed by atoms with Crippen LogP contribution >= 0.6 is 46.6 Å². The Bertz CT molecular complexity index is 1300. The monoisotopic (exact) mass is 574 g/mol. The van der Waals surface area contributed by atoms with Gasteiger partial charge in [0.1, 0.15) is 12.4 Å². The van der Waals surface area contributed by atoms with Crippen LogP contribution in [0.2, 0.25) is 15.1 Å². The van der Waals surface area contributed by atoms with Crippen molar-refractivity contribution in [3.05, 3.63) is 81.3 Å². The van der Waals surface area contributed by atoms with Gasteiger partial charge in [-0.3, -0.25) is 4.79 Å². The number of carbonyl (C=O) groups excluding carboxylic acids is 1. The molecule has 3 rings (SSSR count). The third kappa shape index (κ3) is 7.87. The molecule has 188 valence electrons. The second kappa shape index (κ2) is 11.5. The molecule has 1 amide bonds. The number of nitriles is 1. The third-order valence-corrected chi connectivity index (χ3v) is 6.03. The lowest BCUT2D eigenvalue weighted by Gasteiger charge is -2.24. The second-order valence-corrected chi connectivity index (χ2v) is 9.95. The lowest BCUT2D eigenvalue weighted by molar-refractivity contribution is -0.0328. The molecule has 0 radical (unpaired) electrons.